The lowest BCUT2D eigenvalue weighted by molar-refractivity contribution is -0.158. The van der Waals surface area contributed by atoms with Gasteiger partial charge in [-0.15, -0.1) is 0 Å². The first-order chi connectivity index (χ1) is 7.86. The smallest absolute Gasteiger partial charge is 0.368 e. The monoisotopic (exact) mass is 291 g/mol. The highest BCUT2D eigenvalue weighted by Gasteiger charge is 2.48. The van der Waals surface area contributed by atoms with Crippen molar-refractivity contribution in [2.45, 2.75) is 38.6 Å². The summed E-state index contributed by atoms with van der Waals surface area (Å²) in [6.07, 6.45) is -3.07. The van der Waals surface area contributed by atoms with E-state index in [-0.39, 0.29) is 0 Å². The fourth-order valence-corrected chi connectivity index (χ4v) is 1.12. The second-order valence-corrected chi connectivity index (χ2v) is 5.77. The summed E-state index contributed by atoms with van der Waals surface area (Å²) in [5, 5.41) is -5.12. The first-order valence-corrected chi connectivity index (χ1v) is 6.41. The lowest BCUT2D eigenvalue weighted by Crippen LogP contribution is -2.42. The molecule has 0 rings (SSSR count). The zero-order chi connectivity index (χ0) is 14.8. The van der Waals surface area contributed by atoms with Gasteiger partial charge in [0.2, 0.25) is 6.17 Å². The first kappa shape index (κ1) is 17.2. The Morgan fingerprint density at radius 3 is 2.17 bits per heavy atom. The van der Waals surface area contributed by atoms with E-state index in [4.69, 9.17) is 0 Å². The van der Waals surface area contributed by atoms with E-state index in [1.807, 2.05) is 0 Å². The van der Waals surface area contributed by atoms with Crippen LogP contribution in [-0.4, -0.2) is 37.0 Å². The molecule has 0 aromatic heterocycles. The Labute approximate surface area is 103 Å². The number of rotatable bonds is 6. The standard InChI is InChI=1S/C9H15F3O5S/c1-4-8(2,3)7(13)17-5-6(10)9(11,12)18(14,15)16/h6H,4-5H2,1-3H3,(H,14,15,16)/p-1. The van der Waals surface area contributed by atoms with Crippen molar-refractivity contribution in [3.05, 3.63) is 0 Å². The summed E-state index contributed by atoms with van der Waals surface area (Å²) in [4.78, 5) is 11.3. The van der Waals surface area contributed by atoms with Crippen LogP contribution in [0.4, 0.5) is 13.2 Å². The quantitative estimate of drug-likeness (QED) is 0.546. The molecule has 0 saturated carbocycles. The highest BCUT2D eigenvalue weighted by atomic mass is 32.2. The van der Waals surface area contributed by atoms with E-state index < -0.39 is 39.5 Å². The van der Waals surface area contributed by atoms with Crippen molar-refractivity contribution < 1.29 is 35.7 Å². The number of esters is 1. The number of ether oxygens (including phenoxy) is 1. The number of carbonyl (C=O) groups excluding carboxylic acids is 1. The van der Waals surface area contributed by atoms with Crippen molar-refractivity contribution in [3.63, 3.8) is 0 Å². The van der Waals surface area contributed by atoms with Gasteiger partial charge in [-0.05, 0) is 20.3 Å². The summed E-state index contributed by atoms with van der Waals surface area (Å²) >= 11 is 0. The molecule has 9 heteroatoms. The van der Waals surface area contributed by atoms with E-state index in [2.05, 4.69) is 4.74 Å². The maximum Gasteiger partial charge on any atom is 0.368 e. The summed E-state index contributed by atoms with van der Waals surface area (Å²) in [5.74, 6) is -0.952. The number of hydrogen-bond acceptors (Lipinski definition) is 5. The molecule has 0 aliphatic rings. The van der Waals surface area contributed by atoms with Gasteiger partial charge < -0.3 is 9.29 Å². The predicted octanol–water partition coefficient (Wildman–Crippen LogP) is 1.44. The van der Waals surface area contributed by atoms with Gasteiger partial charge in [0.25, 0.3) is 0 Å². The predicted molar refractivity (Wildman–Crippen MR) is 54.6 cm³/mol. The molecule has 0 saturated heterocycles. The highest BCUT2D eigenvalue weighted by Crippen LogP contribution is 2.28. The van der Waals surface area contributed by atoms with Crippen LogP contribution in [0.25, 0.3) is 0 Å². The fourth-order valence-electron chi connectivity index (χ4n) is 0.742. The molecule has 0 fully saturated rings. The second kappa shape index (κ2) is 5.43. The Hall–Kier alpha value is -0.830. The number of alkyl halides is 3. The summed E-state index contributed by atoms with van der Waals surface area (Å²) < 4.78 is 72.9. The summed E-state index contributed by atoms with van der Waals surface area (Å²) in [6.45, 7) is 3.04. The molecule has 0 N–H and O–H groups in total. The van der Waals surface area contributed by atoms with E-state index in [9.17, 15) is 30.9 Å². The minimum atomic E-state index is -6.14. The van der Waals surface area contributed by atoms with Crippen molar-refractivity contribution in [1.29, 1.82) is 0 Å². The highest BCUT2D eigenvalue weighted by molar-refractivity contribution is 7.86. The van der Waals surface area contributed by atoms with Crippen LogP contribution in [0.2, 0.25) is 0 Å². The zero-order valence-electron chi connectivity index (χ0n) is 10.1. The summed E-state index contributed by atoms with van der Waals surface area (Å²) in [5.41, 5.74) is -1.01. The minimum absolute atomic E-state index is 0.318. The molecule has 18 heavy (non-hydrogen) atoms. The molecule has 1 unspecified atom stereocenters. The van der Waals surface area contributed by atoms with Crippen molar-refractivity contribution in [2.24, 2.45) is 5.41 Å². The van der Waals surface area contributed by atoms with Gasteiger partial charge in [-0.25, -0.2) is 12.8 Å². The van der Waals surface area contributed by atoms with E-state index in [1.165, 1.54) is 13.8 Å². The molecule has 0 aromatic rings. The molecule has 0 aromatic carbocycles. The molecule has 0 aliphatic carbocycles. The van der Waals surface area contributed by atoms with Crippen LogP contribution < -0.4 is 0 Å². The molecule has 5 nitrogen and oxygen atoms in total. The molecular formula is C9H14F3O5S-. The molecule has 0 bridgehead atoms. The topological polar surface area (TPSA) is 83.5 Å². The SMILES string of the molecule is CCC(C)(C)C(=O)OCC(F)C(F)(F)S(=O)(=O)[O-]. The minimum Gasteiger partial charge on any atom is -0.743 e. The van der Waals surface area contributed by atoms with Gasteiger partial charge in [-0.2, -0.15) is 8.78 Å². The van der Waals surface area contributed by atoms with Gasteiger partial charge in [0.1, 0.15) is 6.61 Å². The van der Waals surface area contributed by atoms with E-state index in [0.717, 1.165) is 0 Å². The summed E-state index contributed by atoms with van der Waals surface area (Å²) in [7, 11) is -6.14. The molecule has 0 heterocycles. The molecule has 0 spiro atoms. The number of carbonyl (C=O) groups is 1. The summed E-state index contributed by atoms with van der Waals surface area (Å²) in [6, 6.07) is 0. The third-order valence-corrected chi connectivity index (χ3v) is 3.42. The maximum atomic E-state index is 12.9. The lowest BCUT2D eigenvalue weighted by atomic mass is 9.91. The Kier molecular flexibility index (Phi) is 5.18. The van der Waals surface area contributed by atoms with E-state index in [0.29, 0.717) is 6.42 Å². The Morgan fingerprint density at radius 1 is 1.39 bits per heavy atom. The third-order valence-electron chi connectivity index (χ3n) is 2.50. The number of hydrogen-bond donors (Lipinski definition) is 0. The van der Waals surface area contributed by atoms with Crippen molar-refractivity contribution in [1.82, 2.24) is 0 Å². The molecule has 0 radical (unpaired) electrons. The van der Waals surface area contributed by atoms with Crippen LogP contribution in [0.5, 0.6) is 0 Å². The Morgan fingerprint density at radius 2 is 1.83 bits per heavy atom. The van der Waals surface area contributed by atoms with Crippen molar-refractivity contribution in [3.8, 4) is 0 Å². The average molecular weight is 291 g/mol. The Balaban J connectivity index is 4.64. The van der Waals surface area contributed by atoms with Gasteiger partial charge in [-0.3, -0.25) is 4.79 Å². The van der Waals surface area contributed by atoms with Crippen molar-refractivity contribution in [2.75, 3.05) is 6.61 Å². The molecular weight excluding hydrogens is 277 g/mol. The zero-order valence-corrected chi connectivity index (χ0v) is 10.9. The van der Waals surface area contributed by atoms with E-state index >= 15 is 0 Å². The van der Waals surface area contributed by atoms with Crippen LogP contribution in [0, 0.1) is 5.41 Å². The largest absolute Gasteiger partial charge is 0.743 e. The van der Waals surface area contributed by atoms with Gasteiger partial charge in [-0.1, -0.05) is 6.92 Å². The molecule has 1 atom stereocenters. The first-order valence-electron chi connectivity index (χ1n) is 5.00. The van der Waals surface area contributed by atoms with Gasteiger partial charge in [0.05, 0.1) is 5.41 Å². The average Bonchev–Trinajstić information content (AvgIpc) is 2.23. The molecule has 0 aliphatic heterocycles. The van der Waals surface area contributed by atoms with E-state index in [1.54, 1.807) is 6.92 Å². The third kappa shape index (κ3) is 3.84. The van der Waals surface area contributed by atoms with Crippen LogP contribution in [-0.2, 0) is 19.6 Å². The van der Waals surface area contributed by atoms with Crippen LogP contribution in [0.3, 0.4) is 0 Å². The normalized spacial score (nSPS) is 15.3. The van der Waals surface area contributed by atoms with Crippen LogP contribution >= 0.6 is 0 Å². The molecule has 0 amide bonds. The Bertz CT molecular complexity index is 404. The van der Waals surface area contributed by atoms with Crippen LogP contribution in [0.15, 0.2) is 0 Å². The number of halogens is 3. The second-order valence-electron chi connectivity index (χ2n) is 4.32. The van der Waals surface area contributed by atoms with Gasteiger partial charge in [0.15, 0.2) is 10.1 Å². The van der Waals surface area contributed by atoms with Crippen LogP contribution in [0.1, 0.15) is 27.2 Å². The fraction of sp³-hybridized carbons (Fsp3) is 0.889. The van der Waals surface area contributed by atoms with Gasteiger partial charge >= 0.3 is 11.2 Å². The lowest BCUT2D eigenvalue weighted by Gasteiger charge is -2.25. The maximum absolute atomic E-state index is 12.9. The van der Waals surface area contributed by atoms with Crippen molar-refractivity contribution >= 4 is 16.1 Å². The van der Waals surface area contributed by atoms with Gasteiger partial charge in [0, 0.05) is 0 Å². The molecule has 108 valence electrons.